The summed E-state index contributed by atoms with van der Waals surface area (Å²) in [6, 6.07) is 21.6. The van der Waals surface area contributed by atoms with E-state index in [-0.39, 0.29) is 12.6 Å². The van der Waals surface area contributed by atoms with Crippen molar-refractivity contribution < 1.29 is 24.2 Å². The summed E-state index contributed by atoms with van der Waals surface area (Å²) in [6.45, 7) is 5.57. The summed E-state index contributed by atoms with van der Waals surface area (Å²) in [7, 11) is 0. The fourth-order valence-corrected chi connectivity index (χ4v) is 3.21. The van der Waals surface area contributed by atoms with Gasteiger partial charge in [0.2, 0.25) is 0 Å². The Morgan fingerprint density at radius 1 is 0.853 bits per heavy atom. The highest BCUT2D eigenvalue weighted by Crippen LogP contribution is 2.27. The van der Waals surface area contributed by atoms with Gasteiger partial charge in [-0.2, -0.15) is 0 Å². The van der Waals surface area contributed by atoms with Gasteiger partial charge in [-0.3, -0.25) is 0 Å². The van der Waals surface area contributed by atoms with Crippen molar-refractivity contribution in [3.8, 4) is 23.0 Å². The number of carbonyl (C=O) groups is 1. The van der Waals surface area contributed by atoms with Crippen LogP contribution in [-0.2, 0) is 11.2 Å². The quantitative estimate of drug-likeness (QED) is 0.307. The standard InChI is InChI=1S/C26H29ClN2O5/c1-26(2,3)34-25(30)29-20(17-28-31)16-18-4-8-21(9-5-18)32-23-12-14-24(15-13-23)33-22-10-6-19(27)7-11-22/h4-15,20,28,31H,16-17H2,1-3H3,(H,29,30)/t20-/m0/s1. The normalized spacial score (nSPS) is 12.0. The molecule has 1 atom stereocenters. The fraction of sp³-hybridized carbons (Fsp3) is 0.269. The van der Waals surface area contributed by atoms with Crippen LogP contribution in [0.1, 0.15) is 26.3 Å². The monoisotopic (exact) mass is 484 g/mol. The Balaban J connectivity index is 1.55. The third-order valence-corrected chi connectivity index (χ3v) is 4.82. The number of ether oxygens (including phenoxy) is 3. The zero-order valence-electron chi connectivity index (χ0n) is 19.4. The molecule has 180 valence electrons. The van der Waals surface area contributed by atoms with E-state index < -0.39 is 11.7 Å². The predicted octanol–water partition coefficient (Wildman–Crippen LogP) is 6.34. The van der Waals surface area contributed by atoms with E-state index in [1.807, 2.05) is 48.5 Å². The number of hydrogen-bond acceptors (Lipinski definition) is 6. The molecule has 0 aliphatic heterocycles. The zero-order valence-corrected chi connectivity index (χ0v) is 20.1. The minimum absolute atomic E-state index is 0.182. The first-order valence-electron chi connectivity index (χ1n) is 10.9. The van der Waals surface area contributed by atoms with Crippen LogP contribution in [0.5, 0.6) is 23.0 Å². The van der Waals surface area contributed by atoms with Gasteiger partial charge in [-0.1, -0.05) is 23.7 Å². The van der Waals surface area contributed by atoms with Gasteiger partial charge >= 0.3 is 6.09 Å². The van der Waals surface area contributed by atoms with Gasteiger partial charge in [-0.15, -0.1) is 0 Å². The molecular weight excluding hydrogens is 456 g/mol. The lowest BCUT2D eigenvalue weighted by Crippen LogP contribution is -2.45. The third-order valence-electron chi connectivity index (χ3n) is 4.57. The third kappa shape index (κ3) is 8.59. The predicted molar refractivity (Wildman–Crippen MR) is 131 cm³/mol. The van der Waals surface area contributed by atoms with Gasteiger partial charge in [0.25, 0.3) is 0 Å². The first kappa shape index (κ1) is 25.4. The Morgan fingerprint density at radius 2 is 1.29 bits per heavy atom. The number of nitrogens with one attached hydrogen (secondary N) is 2. The molecule has 0 aliphatic rings. The molecule has 0 saturated heterocycles. The van der Waals surface area contributed by atoms with E-state index in [9.17, 15) is 4.79 Å². The van der Waals surface area contributed by atoms with Crippen LogP contribution >= 0.6 is 11.6 Å². The molecule has 3 aromatic carbocycles. The summed E-state index contributed by atoms with van der Waals surface area (Å²) in [5.41, 5.74) is 2.48. The van der Waals surface area contributed by atoms with Crippen LogP contribution in [-0.4, -0.2) is 29.5 Å². The average Bonchev–Trinajstić information content (AvgIpc) is 2.77. The minimum Gasteiger partial charge on any atom is -0.457 e. The molecule has 0 heterocycles. The van der Waals surface area contributed by atoms with Crippen molar-refractivity contribution in [2.24, 2.45) is 0 Å². The number of alkyl carbamates (subject to hydrolysis) is 1. The highest BCUT2D eigenvalue weighted by molar-refractivity contribution is 6.30. The van der Waals surface area contributed by atoms with Gasteiger partial charge in [0.1, 0.15) is 28.6 Å². The molecule has 3 aromatic rings. The van der Waals surface area contributed by atoms with Gasteiger partial charge in [0, 0.05) is 11.6 Å². The van der Waals surface area contributed by atoms with Crippen LogP contribution in [0.2, 0.25) is 5.02 Å². The molecule has 0 unspecified atom stereocenters. The second-order valence-electron chi connectivity index (χ2n) is 8.68. The fourth-order valence-electron chi connectivity index (χ4n) is 3.09. The minimum atomic E-state index is -0.597. The lowest BCUT2D eigenvalue weighted by molar-refractivity contribution is 0.0489. The van der Waals surface area contributed by atoms with Crippen molar-refractivity contribution >= 4 is 17.7 Å². The Hall–Kier alpha value is -3.26. The van der Waals surface area contributed by atoms with Crippen LogP contribution in [0.25, 0.3) is 0 Å². The van der Waals surface area contributed by atoms with E-state index in [0.29, 0.717) is 34.4 Å². The summed E-state index contributed by atoms with van der Waals surface area (Å²) in [5.74, 6) is 2.73. The Morgan fingerprint density at radius 3 is 1.74 bits per heavy atom. The van der Waals surface area contributed by atoms with Crippen molar-refractivity contribution in [2.75, 3.05) is 6.54 Å². The molecule has 7 nitrogen and oxygen atoms in total. The van der Waals surface area contributed by atoms with Gasteiger partial charge in [0.15, 0.2) is 0 Å². The molecule has 0 radical (unpaired) electrons. The zero-order chi connectivity index (χ0) is 24.6. The summed E-state index contributed by atoms with van der Waals surface area (Å²) in [6.07, 6.45) is -0.0275. The van der Waals surface area contributed by atoms with E-state index in [1.165, 1.54) is 0 Å². The summed E-state index contributed by atoms with van der Waals surface area (Å²) in [4.78, 5) is 12.1. The van der Waals surface area contributed by atoms with Crippen LogP contribution in [0, 0.1) is 0 Å². The van der Waals surface area contributed by atoms with E-state index in [1.54, 1.807) is 45.0 Å². The molecule has 0 fully saturated rings. The maximum absolute atomic E-state index is 12.1. The average molecular weight is 485 g/mol. The second kappa shape index (κ2) is 11.7. The molecule has 8 heteroatoms. The van der Waals surface area contributed by atoms with E-state index in [4.69, 9.17) is 31.0 Å². The SMILES string of the molecule is CC(C)(C)OC(=O)N[C@H](CNO)Cc1ccc(Oc2ccc(Oc3ccc(Cl)cc3)cc2)cc1. The number of amides is 1. The van der Waals surface area contributed by atoms with Gasteiger partial charge in [-0.05, 0) is 93.4 Å². The first-order valence-corrected chi connectivity index (χ1v) is 11.2. The van der Waals surface area contributed by atoms with Crippen molar-refractivity contribution in [3.63, 3.8) is 0 Å². The van der Waals surface area contributed by atoms with Crippen LogP contribution in [0.3, 0.4) is 0 Å². The summed E-state index contributed by atoms with van der Waals surface area (Å²) < 4.78 is 17.0. The largest absolute Gasteiger partial charge is 0.457 e. The Bertz CT molecular complexity index is 1050. The number of hydrogen-bond donors (Lipinski definition) is 3. The molecule has 0 aliphatic carbocycles. The van der Waals surface area contributed by atoms with E-state index in [2.05, 4.69) is 10.8 Å². The van der Waals surface area contributed by atoms with Crippen LogP contribution in [0.15, 0.2) is 72.8 Å². The van der Waals surface area contributed by atoms with Gasteiger partial charge in [0.05, 0.1) is 6.04 Å². The van der Waals surface area contributed by atoms with Crippen molar-refractivity contribution in [1.29, 1.82) is 0 Å². The summed E-state index contributed by atoms with van der Waals surface area (Å²) in [5, 5.41) is 12.5. The molecule has 0 bridgehead atoms. The molecule has 3 rings (SSSR count). The van der Waals surface area contributed by atoms with Crippen molar-refractivity contribution in [1.82, 2.24) is 10.8 Å². The molecule has 3 N–H and O–H groups in total. The Kier molecular flexibility index (Phi) is 8.76. The number of rotatable bonds is 9. The lowest BCUT2D eigenvalue weighted by atomic mass is 10.1. The topological polar surface area (TPSA) is 89.1 Å². The maximum Gasteiger partial charge on any atom is 0.407 e. The van der Waals surface area contributed by atoms with Gasteiger partial charge < -0.3 is 24.7 Å². The highest BCUT2D eigenvalue weighted by Gasteiger charge is 2.19. The number of hydroxylamine groups is 1. The summed E-state index contributed by atoms with van der Waals surface area (Å²) >= 11 is 5.90. The van der Waals surface area contributed by atoms with Crippen molar-refractivity contribution in [2.45, 2.75) is 38.8 Å². The first-order chi connectivity index (χ1) is 16.2. The molecular formula is C26H29ClN2O5. The van der Waals surface area contributed by atoms with Gasteiger partial charge in [-0.25, -0.2) is 10.3 Å². The smallest absolute Gasteiger partial charge is 0.407 e. The molecule has 0 aromatic heterocycles. The maximum atomic E-state index is 12.1. The van der Waals surface area contributed by atoms with Crippen molar-refractivity contribution in [3.05, 3.63) is 83.4 Å². The van der Waals surface area contributed by atoms with Crippen LogP contribution in [0.4, 0.5) is 4.79 Å². The van der Waals surface area contributed by atoms with E-state index in [0.717, 1.165) is 5.56 Å². The highest BCUT2D eigenvalue weighted by atomic mass is 35.5. The van der Waals surface area contributed by atoms with Crippen LogP contribution < -0.4 is 20.3 Å². The number of benzene rings is 3. The Labute approximate surface area is 204 Å². The molecule has 0 spiro atoms. The molecule has 1 amide bonds. The second-order valence-corrected chi connectivity index (χ2v) is 9.12. The number of halogens is 1. The number of carbonyl (C=O) groups excluding carboxylic acids is 1. The molecule has 34 heavy (non-hydrogen) atoms. The van der Waals surface area contributed by atoms with E-state index >= 15 is 0 Å². The lowest BCUT2D eigenvalue weighted by Gasteiger charge is -2.23. The molecule has 0 saturated carbocycles.